The molecule has 0 radical (unpaired) electrons. The summed E-state index contributed by atoms with van der Waals surface area (Å²) in [6.07, 6.45) is 1.26. The minimum atomic E-state index is -3.70. The quantitative estimate of drug-likeness (QED) is 0.823. The van der Waals surface area contributed by atoms with E-state index in [1.165, 1.54) is 5.51 Å². The van der Waals surface area contributed by atoms with E-state index in [2.05, 4.69) is 14.9 Å². The Morgan fingerprint density at radius 3 is 2.60 bits per heavy atom. The molecule has 0 unspecified atom stereocenters. The third kappa shape index (κ3) is 2.91. The van der Waals surface area contributed by atoms with Gasteiger partial charge in [0.15, 0.2) is 0 Å². The average molecular weight is 312 g/mol. The molecule has 0 saturated carbocycles. The molecule has 8 heteroatoms. The normalized spacial score (nSPS) is 11.5. The standard InChI is InChI=1S/C12H16N4O2S2/c1-3-8-5-10(13)9(4-2)11(6-8)20(17,18)16-12-15-14-7-19-12/h5-7H,3-4,13H2,1-2H3,(H,15,16). The smallest absolute Gasteiger partial charge is 0.264 e. The van der Waals surface area contributed by atoms with Crippen molar-refractivity contribution in [1.82, 2.24) is 10.2 Å². The van der Waals surface area contributed by atoms with Gasteiger partial charge in [-0.15, -0.1) is 10.2 Å². The number of sulfonamides is 1. The van der Waals surface area contributed by atoms with Crippen LogP contribution in [0.5, 0.6) is 0 Å². The summed E-state index contributed by atoms with van der Waals surface area (Å²) in [5, 5.41) is 7.55. The number of rotatable bonds is 5. The van der Waals surface area contributed by atoms with Gasteiger partial charge in [0.05, 0.1) is 4.90 Å². The van der Waals surface area contributed by atoms with Crippen LogP contribution >= 0.6 is 11.3 Å². The summed E-state index contributed by atoms with van der Waals surface area (Å²) in [4.78, 5) is 0.215. The summed E-state index contributed by atoms with van der Waals surface area (Å²) >= 11 is 1.13. The Kier molecular flexibility index (Phi) is 4.24. The van der Waals surface area contributed by atoms with E-state index in [9.17, 15) is 8.42 Å². The molecule has 0 spiro atoms. The summed E-state index contributed by atoms with van der Waals surface area (Å²) in [6.45, 7) is 3.83. The molecule has 1 heterocycles. The van der Waals surface area contributed by atoms with Crippen molar-refractivity contribution < 1.29 is 8.42 Å². The molecule has 108 valence electrons. The molecule has 1 aromatic carbocycles. The van der Waals surface area contributed by atoms with Crippen LogP contribution < -0.4 is 10.5 Å². The zero-order chi connectivity index (χ0) is 14.8. The number of nitrogens with zero attached hydrogens (tertiary/aromatic N) is 2. The van der Waals surface area contributed by atoms with E-state index < -0.39 is 10.0 Å². The lowest BCUT2D eigenvalue weighted by atomic mass is 10.1. The molecule has 0 saturated heterocycles. The maximum atomic E-state index is 12.5. The fourth-order valence-electron chi connectivity index (χ4n) is 1.94. The molecule has 2 rings (SSSR count). The minimum Gasteiger partial charge on any atom is -0.398 e. The van der Waals surface area contributed by atoms with Crippen molar-refractivity contribution in [3.05, 3.63) is 28.8 Å². The van der Waals surface area contributed by atoms with Crippen LogP contribution in [0.25, 0.3) is 0 Å². The van der Waals surface area contributed by atoms with Gasteiger partial charge in [0.25, 0.3) is 10.0 Å². The largest absolute Gasteiger partial charge is 0.398 e. The monoisotopic (exact) mass is 312 g/mol. The van der Waals surface area contributed by atoms with E-state index in [0.717, 1.165) is 23.3 Å². The van der Waals surface area contributed by atoms with E-state index >= 15 is 0 Å². The van der Waals surface area contributed by atoms with Gasteiger partial charge >= 0.3 is 0 Å². The van der Waals surface area contributed by atoms with Crippen LogP contribution in [0.15, 0.2) is 22.5 Å². The molecule has 20 heavy (non-hydrogen) atoms. The molecule has 0 aliphatic rings. The zero-order valence-corrected chi connectivity index (χ0v) is 12.9. The number of anilines is 2. The molecule has 1 aromatic heterocycles. The SMILES string of the molecule is CCc1cc(N)c(CC)c(S(=O)(=O)Nc2nncs2)c1. The van der Waals surface area contributed by atoms with Gasteiger partial charge < -0.3 is 5.73 Å². The molecule has 0 atom stereocenters. The van der Waals surface area contributed by atoms with Crippen LogP contribution in [0.3, 0.4) is 0 Å². The third-order valence-electron chi connectivity index (χ3n) is 2.94. The van der Waals surface area contributed by atoms with Gasteiger partial charge in [-0.05, 0) is 36.1 Å². The van der Waals surface area contributed by atoms with Crippen molar-refractivity contribution >= 4 is 32.2 Å². The molecule has 0 bridgehead atoms. The number of aryl methyl sites for hydroxylation is 1. The van der Waals surface area contributed by atoms with Crippen LogP contribution in [-0.2, 0) is 22.9 Å². The van der Waals surface area contributed by atoms with Crippen molar-refractivity contribution in [2.24, 2.45) is 0 Å². The van der Waals surface area contributed by atoms with Gasteiger partial charge in [-0.2, -0.15) is 0 Å². The predicted molar refractivity (Wildman–Crippen MR) is 80.3 cm³/mol. The maximum absolute atomic E-state index is 12.5. The van der Waals surface area contributed by atoms with Gasteiger partial charge in [0, 0.05) is 5.69 Å². The molecule has 3 N–H and O–H groups in total. The van der Waals surface area contributed by atoms with Gasteiger partial charge in [-0.25, -0.2) is 8.42 Å². The van der Waals surface area contributed by atoms with Crippen LogP contribution in [0.1, 0.15) is 25.0 Å². The first-order chi connectivity index (χ1) is 9.47. The van der Waals surface area contributed by atoms with Crippen molar-refractivity contribution in [3.8, 4) is 0 Å². The number of benzene rings is 1. The molecular weight excluding hydrogens is 296 g/mol. The second-order valence-electron chi connectivity index (χ2n) is 4.22. The zero-order valence-electron chi connectivity index (χ0n) is 11.3. The second-order valence-corrected chi connectivity index (χ2v) is 6.70. The van der Waals surface area contributed by atoms with Crippen LogP contribution in [0, 0.1) is 0 Å². The number of nitrogen functional groups attached to an aromatic ring is 1. The Bertz CT molecular complexity index is 696. The number of hydrogen-bond acceptors (Lipinski definition) is 6. The lowest BCUT2D eigenvalue weighted by Crippen LogP contribution is -2.16. The Balaban J connectivity index is 2.52. The predicted octanol–water partition coefficient (Wildman–Crippen LogP) is 2.05. The summed E-state index contributed by atoms with van der Waals surface area (Å²) in [6, 6.07) is 3.49. The van der Waals surface area contributed by atoms with Gasteiger partial charge in [0.1, 0.15) is 5.51 Å². The van der Waals surface area contributed by atoms with Crippen molar-refractivity contribution in [2.45, 2.75) is 31.6 Å². The summed E-state index contributed by atoms with van der Waals surface area (Å²) in [5.41, 5.74) is 9.44. The van der Waals surface area contributed by atoms with E-state index in [0.29, 0.717) is 17.7 Å². The Hall–Kier alpha value is -1.67. The van der Waals surface area contributed by atoms with E-state index in [4.69, 9.17) is 5.73 Å². The minimum absolute atomic E-state index is 0.215. The highest BCUT2D eigenvalue weighted by molar-refractivity contribution is 7.93. The van der Waals surface area contributed by atoms with Crippen LogP contribution in [-0.4, -0.2) is 18.6 Å². The van der Waals surface area contributed by atoms with E-state index in [-0.39, 0.29) is 10.0 Å². The average Bonchev–Trinajstić information content (AvgIpc) is 2.89. The second kappa shape index (κ2) is 5.76. The molecule has 0 amide bonds. The van der Waals surface area contributed by atoms with Gasteiger partial charge in [0.2, 0.25) is 5.13 Å². The molecule has 2 aromatic rings. The lowest BCUT2D eigenvalue weighted by molar-refractivity contribution is 0.600. The molecule has 6 nitrogen and oxygen atoms in total. The molecular formula is C12H16N4O2S2. The first-order valence-corrected chi connectivity index (χ1v) is 8.54. The molecule has 0 fully saturated rings. The summed E-state index contributed by atoms with van der Waals surface area (Å²) < 4.78 is 27.4. The van der Waals surface area contributed by atoms with Gasteiger partial charge in [-0.1, -0.05) is 25.2 Å². The fourth-order valence-corrected chi connectivity index (χ4v) is 4.02. The Labute approximate surface area is 122 Å². The number of aromatic nitrogens is 2. The lowest BCUT2D eigenvalue weighted by Gasteiger charge is -2.13. The highest BCUT2D eigenvalue weighted by Crippen LogP contribution is 2.27. The summed E-state index contributed by atoms with van der Waals surface area (Å²) in [5.74, 6) is 0. The third-order valence-corrected chi connectivity index (χ3v) is 5.08. The van der Waals surface area contributed by atoms with E-state index in [1.807, 2.05) is 19.9 Å². The maximum Gasteiger partial charge on any atom is 0.264 e. The van der Waals surface area contributed by atoms with Crippen molar-refractivity contribution in [1.29, 1.82) is 0 Å². The highest BCUT2D eigenvalue weighted by atomic mass is 32.2. The van der Waals surface area contributed by atoms with Crippen LogP contribution in [0.2, 0.25) is 0 Å². The highest BCUT2D eigenvalue weighted by Gasteiger charge is 2.21. The number of nitrogens with two attached hydrogens (primary N) is 1. The number of hydrogen-bond donors (Lipinski definition) is 2. The summed E-state index contributed by atoms with van der Waals surface area (Å²) in [7, 11) is -3.70. The van der Waals surface area contributed by atoms with Crippen molar-refractivity contribution in [3.63, 3.8) is 0 Å². The van der Waals surface area contributed by atoms with Gasteiger partial charge in [-0.3, -0.25) is 4.72 Å². The Morgan fingerprint density at radius 1 is 1.30 bits per heavy atom. The topological polar surface area (TPSA) is 98.0 Å². The Morgan fingerprint density at radius 2 is 2.05 bits per heavy atom. The first kappa shape index (κ1) is 14.7. The molecule has 0 aliphatic heterocycles. The van der Waals surface area contributed by atoms with Crippen molar-refractivity contribution in [2.75, 3.05) is 10.5 Å². The molecule has 0 aliphatic carbocycles. The first-order valence-electron chi connectivity index (χ1n) is 6.18. The fraction of sp³-hybridized carbons (Fsp3) is 0.333. The van der Waals surface area contributed by atoms with E-state index in [1.54, 1.807) is 6.07 Å². The van der Waals surface area contributed by atoms with Crippen LogP contribution in [0.4, 0.5) is 10.8 Å². The number of nitrogens with one attached hydrogen (secondary N) is 1.